The Balaban J connectivity index is 2.13. The van der Waals surface area contributed by atoms with Crippen LogP contribution in [0.3, 0.4) is 0 Å². The molecule has 5 heteroatoms. The molecule has 0 radical (unpaired) electrons. The van der Waals surface area contributed by atoms with Crippen molar-refractivity contribution in [1.82, 2.24) is 0 Å². The molecule has 0 aromatic heterocycles. The van der Waals surface area contributed by atoms with Gasteiger partial charge in [0.2, 0.25) is 0 Å². The number of esters is 1. The summed E-state index contributed by atoms with van der Waals surface area (Å²) in [5.41, 5.74) is 1.35. The first-order chi connectivity index (χ1) is 11.6. The lowest BCUT2D eigenvalue weighted by atomic mass is 10.1. The zero-order valence-electron chi connectivity index (χ0n) is 13.7. The lowest BCUT2D eigenvalue weighted by Gasteiger charge is -2.16. The van der Waals surface area contributed by atoms with Crippen LogP contribution in [-0.2, 0) is 16.1 Å². The van der Waals surface area contributed by atoms with E-state index in [0.29, 0.717) is 23.7 Å². The molecule has 2 rings (SSSR count). The summed E-state index contributed by atoms with van der Waals surface area (Å²) >= 11 is 0. The zero-order chi connectivity index (χ0) is 17.4. The van der Waals surface area contributed by atoms with E-state index in [1.54, 1.807) is 25.1 Å². The van der Waals surface area contributed by atoms with Gasteiger partial charge in [-0.3, -0.25) is 0 Å². The first-order valence-electron chi connectivity index (χ1n) is 7.54. The quantitative estimate of drug-likeness (QED) is 0.444. The summed E-state index contributed by atoms with van der Waals surface area (Å²) in [4.78, 5) is 11.4. The van der Waals surface area contributed by atoms with E-state index in [1.807, 2.05) is 30.3 Å². The summed E-state index contributed by atoms with van der Waals surface area (Å²) in [5.74, 6) is -0.157. The Morgan fingerprint density at radius 1 is 1.12 bits per heavy atom. The molecule has 0 bridgehead atoms. The molecule has 0 aliphatic heterocycles. The van der Waals surface area contributed by atoms with Gasteiger partial charge in [0.25, 0.3) is 0 Å². The summed E-state index contributed by atoms with van der Waals surface area (Å²) in [7, 11) is 1.49. The lowest BCUT2D eigenvalue weighted by Crippen LogP contribution is -2.08. The average molecular weight is 327 g/mol. The molecule has 2 aromatic carbocycles. The smallest absolute Gasteiger partial charge is 0.330 e. The van der Waals surface area contributed by atoms with Gasteiger partial charge in [-0.2, -0.15) is 0 Å². The normalized spacial score (nSPS) is 11.0. The number of carbonyl (C=O) groups is 1. The average Bonchev–Trinajstić information content (AvgIpc) is 2.60. The fourth-order valence-electron chi connectivity index (χ4n) is 2.05. The number of carbonyl (C=O) groups excluding carboxylic acids is 1. The molecule has 0 aliphatic carbocycles. The summed E-state index contributed by atoms with van der Waals surface area (Å²) in [6.45, 7) is 2.29. The van der Waals surface area contributed by atoms with Crippen LogP contribution in [-0.4, -0.2) is 19.7 Å². The molecule has 126 valence electrons. The summed E-state index contributed by atoms with van der Waals surface area (Å²) in [6, 6.07) is 14.5. The van der Waals surface area contributed by atoms with Gasteiger partial charge in [0, 0.05) is 6.08 Å². The minimum Gasteiger partial charge on any atom is -0.872 e. The molecule has 0 aliphatic rings. The van der Waals surface area contributed by atoms with Gasteiger partial charge in [-0.05, 0) is 30.2 Å². The van der Waals surface area contributed by atoms with Crippen LogP contribution in [0.25, 0.3) is 5.76 Å². The van der Waals surface area contributed by atoms with Crippen LogP contribution < -0.4 is 14.6 Å². The number of hydrogen-bond acceptors (Lipinski definition) is 5. The highest BCUT2D eigenvalue weighted by molar-refractivity contribution is 5.89. The summed E-state index contributed by atoms with van der Waals surface area (Å²) < 4.78 is 15.7. The minimum atomic E-state index is -0.661. The number of benzene rings is 2. The third kappa shape index (κ3) is 4.78. The fraction of sp³-hybridized carbons (Fsp3) is 0.211. The van der Waals surface area contributed by atoms with Gasteiger partial charge < -0.3 is 19.3 Å². The zero-order valence-corrected chi connectivity index (χ0v) is 13.7. The van der Waals surface area contributed by atoms with Crippen LogP contribution in [0, 0.1) is 0 Å². The maximum atomic E-state index is 12.0. The molecule has 5 nitrogen and oxygen atoms in total. The van der Waals surface area contributed by atoms with Gasteiger partial charge in [0.05, 0.1) is 13.7 Å². The molecule has 0 amide bonds. The Labute approximate surface area is 141 Å². The molecule has 0 heterocycles. The second-order valence-corrected chi connectivity index (χ2v) is 4.90. The Morgan fingerprint density at radius 3 is 2.54 bits per heavy atom. The SMILES string of the molecule is CCOC(=O)/C=C(/[O-])c1ccc(OCc2ccccc2)c(OC)c1. The van der Waals surface area contributed by atoms with Crippen molar-refractivity contribution in [3.63, 3.8) is 0 Å². The largest absolute Gasteiger partial charge is 0.872 e. The molecule has 0 spiro atoms. The number of rotatable bonds is 7. The lowest BCUT2D eigenvalue weighted by molar-refractivity contribution is -0.244. The van der Waals surface area contributed by atoms with E-state index < -0.39 is 11.7 Å². The van der Waals surface area contributed by atoms with E-state index in [-0.39, 0.29) is 6.61 Å². The van der Waals surface area contributed by atoms with Crippen molar-refractivity contribution in [1.29, 1.82) is 0 Å². The fourth-order valence-corrected chi connectivity index (χ4v) is 2.05. The van der Waals surface area contributed by atoms with Crippen molar-refractivity contribution in [3.8, 4) is 11.5 Å². The van der Waals surface area contributed by atoms with Gasteiger partial charge in [-0.15, -0.1) is 0 Å². The highest BCUT2D eigenvalue weighted by Gasteiger charge is 2.07. The third-order valence-electron chi connectivity index (χ3n) is 3.22. The maximum absolute atomic E-state index is 12.0. The Bertz CT molecular complexity index is 707. The van der Waals surface area contributed by atoms with E-state index in [4.69, 9.17) is 14.2 Å². The molecule has 0 N–H and O–H groups in total. The van der Waals surface area contributed by atoms with Gasteiger partial charge in [0.1, 0.15) is 6.61 Å². The molecule has 2 aromatic rings. The first kappa shape index (κ1) is 17.4. The Hall–Kier alpha value is -2.95. The highest BCUT2D eigenvalue weighted by Crippen LogP contribution is 2.30. The minimum absolute atomic E-state index is 0.220. The van der Waals surface area contributed by atoms with Gasteiger partial charge in [0.15, 0.2) is 11.5 Å². The molecule has 0 unspecified atom stereocenters. The van der Waals surface area contributed by atoms with Crippen molar-refractivity contribution in [2.75, 3.05) is 13.7 Å². The van der Waals surface area contributed by atoms with E-state index in [1.165, 1.54) is 7.11 Å². The van der Waals surface area contributed by atoms with Crippen LogP contribution in [0.15, 0.2) is 54.6 Å². The predicted octanol–water partition coefficient (Wildman–Crippen LogP) is 2.54. The molecule has 0 saturated heterocycles. The number of hydrogen-bond donors (Lipinski definition) is 0. The van der Waals surface area contributed by atoms with E-state index in [2.05, 4.69) is 0 Å². The van der Waals surface area contributed by atoms with Gasteiger partial charge in [-0.1, -0.05) is 42.2 Å². The van der Waals surface area contributed by atoms with Crippen LogP contribution in [0.4, 0.5) is 0 Å². The summed E-state index contributed by atoms with van der Waals surface area (Å²) in [5, 5.41) is 12.0. The van der Waals surface area contributed by atoms with Crippen molar-refractivity contribution in [3.05, 3.63) is 65.7 Å². The van der Waals surface area contributed by atoms with Crippen molar-refractivity contribution in [2.45, 2.75) is 13.5 Å². The standard InChI is InChI=1S/C19H20O5/c1-3-23-19(21)12-16(20)15-9-10-17(18(11-15)22-2)24-13-14-7-5-4-6-8-14/h4-12,20H,3,13H2,1-2H3/p-1/b16-12+. The third-order valence-corrected chi connectivity index (χ3v) is 3.22. The van der Waals surface area contributed by atoms with Crippen molar-refractivity contribution >= 4 is 11.7 Å². The van der Waals surface area contributed by atoms with Crippen LogP contribution in [0.5, 0.6) is 11.5 Å². The molecular formula is C19H19O5-. The van der Waals surface area contributed by atoms with E-state index in [0.717, 1.165) is 11.6 Å². The van der Waals surface area contributed by atoms with Crippen LogP contribution >= 0.6 is 0 Å². The van der Waals surface area contributed by atoms with E-state index in [9.17, 15) is 9.90 Å². The van der Waals surface area contributed by atoms with Gasteiger partial charge >= 0.3 is 5.97 Å². The monoisotopic (exact) mass is 327 g/mol. The molecular weight excluding hydrogens is 308 g/mol. The second kappa shape index (κ2) is 8.62. The second-order valence-electron chi connectivity index (χ2n) is 4.90. The summed E-state index contributed by atoms with van der Waals surface area (Å²) in [6.07, 6.45) is 0.919. The first-order valence-corrected chi connectivity index (χ1v) is 7.54. The predicted molar refractivity (Wildman–Crippen MR) is 88.4 cm³/mol. The van der Waals surface area contributed by atoms with E-state index >= 15 is 0 Å². The van der Waals surface area contributed by atoms with Crippen LogP contribution in [0.1, 0.15) is 18.1 Å². The highest BCUT2D eigenvalue weighted by atomic mass is 16.5. The Kier molecular flexibility index (Phi) is 6.25. The Morgan fingerprint density at radius 2 is 1.88 bits per heavy atom. The van der Waals surface area contributed by atoms with Gasteiger partial charge in [-0.25, -0.2) is 4.79 Å². The molecule has 0 fully saturated rings. The molecule has 0 atom stereocenters. The van der Waals surface area contributed by atoms with Crippen LogP contribution in [0.2, 0.25) is 0 Å². The number of ether oxygens (including phenoxy) is 3. The molecule has 24 heavy (non-hydrogen) atoms. The maximum Gasteiger partial charge on any atom is 0.330 e. The van der Waals surface area contributed by atoms with Crippen molar-refractivity contribution in [2.24, 2.45) is 0 Å². The topological polar surface area (TPSA) is 67.8 Å². The number of methoxy groups -OCH3 is 1. The van der Waals surface area contributed by atoms with Crippen molar-refractivity contribution < 1.29 is 24.1 Å². The molecule has 0 saturated carbocycles.